The number of benzene rings is 4. The van der Waals surface area contributed by atoms with Gasteiger partial charge in [-0.3, -0.25) is 14.9 Å². The summed E-state index contributed by atoms with van der Waals surface area (Å²) in [7, 11) is 0. The Bertz CT molecular complexity index is 1700. The molecule has 37 heavy (non-hydrogen) atoms. The highest BCUT2D eigenvalue weighted by atomic mass is 35.5. The number of halogens is 1. The predicted octanol–water partition coefficient (Wildman–Crippen LogP) is 7.03. The van der Waals surface area contributed by atoms with Crippen molar-refractivity contribution in [3.05, 3.63) is 128 Å². The largest absolute Gasteiger partial charge is 0.460 e. The molecule has 182 valence electrons. The molecule has 0 unspecified atom stereocenters. The zero-order valence-corrected chi connectivity index (χ0v) is 19.7. The molecule has 0 amide bonds. The molecule has 0 N–H and O–H groups in total. The van der Waals surface area contributed by atoms with E-state index in [2.05, 4.69) is 0 Å². The summed E-state index contributed by atoms with van der Waals surface area (Å²) in [6.45, 7) is 0. The van der Waals surface area contributed by atoms with Gasteiger partial charge < -0.3 is 13.9 Å². The van der Waals surface area contributed by atoms with Crippen LogP contribution in [0.1, 0.15) is 10.4 Å². The van der Waals surface area contributed by atoms with Crippen LogP contribution < -0.4 is 14.9 Å². The van der Waals surface area contributed by atoms with Crippen molar-refractivity contribution in [3.63, 3.8) is 0 Å². The Labute approximate surface area is 214 Å². The molecule has 5 rings (SSSR count). The second kappa shape index (κ2) is 9.96. The summed E-state index contributed by atoms with van der Waals surface area (Å²) in [5.41, 5.74) is 1.37. The summed E-state index contributed by atoms with van der Waals surface area (Å²) in [4.78, 5) is 35.8. The lowest BCUT2D eigenvalue weighted by Crippen LogP contribution is -2.09. The van der Waals surface area contributed by atoms with Crippen LogP contribution in [-0.4, -0.2) is 10.9 Å². The van der Waals surface area contributed by atoms with Crippen molar-refractivity contribution in [2.24, 2.45) is 0 Å². The Morgan fingerprint density at radius 1 is 0.865 bits per heavy atom. The number of carbonyl (C=O) groups excluding carboxylic acids is 1. The van der Waals surface area contributed by atoms with E-state index in [0.29, 0.717) is 5.75 Å². The van der Waals surface area contributed by atoms with E-state index < -0.39 is 22.0 Å². The fraction of sp³-hybridized carbons (Fsp3) is 0. The smallest absolute Gasteiger partial charge is 0.343 e. The lowest BCUT2D eigenvalue weighted by molar-refractivity contribution is -0.384. The lowest BCUT2D eigenvalue weighted by atomic mass is 10.1. The number of fused-ring (bicyclic) bond motifs is 1. The van der Waals surface area contributed by atoms with Gasteiger partial charge in [0.1, 0.15) is 28.4 Å². The van der Waals surface area contributed by atoms with E-state index in [1.165, 1.54) is 36.6 Å². The van der Waals surface area contributed by atoms with Gasteiger partial charge in [-0.1, -0.05) is 54.1 Å². The van der Waals surface area contributed by atoms with Crippen molar-refractivity contribution in [1.29, 1.82) is 0 Å². The number of carbonyl (C=O) groups is 1. The van der Waals surface area contributed by atoms with Crippen molar-refractivity contribution in [2.45, 2.75) is 0 Å². The molecular formula is C28H16ClNO7. The Morgan fingerprint density at radius 3 is 2.30 bits per heavy atom. The number of hydrogen-bond acceptors (Lipinski definition) is 7. The number of rotatable bonds is 6. The Kier molecular flexibility index (Phi) is 6.40. The second-order valence-electron chi connectivity index (χ2n) is 7.89. The standard InChI is InChI=1S/C28H16ClNO7/c29-23-13-8-19(14-24(23)30(33)34)28(32)37-21-11-12-22-25(15-21)35-16-26(27(22)31)36-20-9-6-18(7-10-20)17-4-2-1-3-5-17/h1-16H. The van der Waals surface area contributed by atoms with Gasteiger partial charge in [-0.2, -0.15) is 0 Å². The molecule has 0 aliphatic heterocycles. The van der Waals surface area contributed by atoms with Crippen LogP contribution in [0.25, 0.3) is 22.1 Å². The number of ether oxygens (including phenoxy) is 2. The molecular weight excluding hydrogens is 498 g/mol. The van der Waals surface area contributed by atoms with Crippen molar-refractivity contribution >= 4 is 34.2 Å². The van der Waals surface area contributed by atoms with Gasteiger partial charge in [0.25, 0.3) is 5.69 Å². The third-order valence-corrected chi connectivity index (χ3v) is 5.81. The third-order valence-electron chi connectivity index (χ3n) is 5.49. The normalized spacial score (nSPS) is 10.7. The lowest BCUT2D eigenvalue weighted by Gasteiger charge is -2.08. The van der Waals surface area contributed by atoms with Crippen LogP contribution >= 0.6 is 11.6 Å². The van der Waals surface area contributed by atoms with Gasteiger partial charge in [-0.25, -0.2) is 4.79 Å². The maximum absolute atomic E-state index is 12.9. The Hall–Kier alpha value is -4.95. The van der Waals surface area contributed by atoms with Crippen LogP contribution in [0.4, 0.5) is 5.69 Å². The van der Waals surface area contributed by atoms with Gasteiger partial charge in [0.2, 0.25) is 11.2 Å². The van der Waals surface area contributed by atoms with Crippen LogP contribution in [0.2, 0.25) is 5.02 Å². The number of hydrogen-bond donors (Lipinski definition) is 0. The average molecular weight is 514 g/mol. The topological polar surface area (TPSA) is 109 Å². The maximum Gasteiger partial charge on any atom is 0.343 e. The maximum atomic E-state index is 12.9. The molecule has 0 bridgehead atoms. The van der Waals surface area contributed by atoms with Crippen LogP contribution in [-0.2, 0) is 0 Å². The highest BCUT2D eigenvalue weighted by Gasteiger charge is 2.18. The Balaban J connectivity index is 1.34. The molecule has 8 nitrogen and oxygen atoms in total. The molecule has 1 heterocycles. The molecule has 1 aromatic heterocycles. The van der Waals surface area contributed by atoms with E-state index in [1.54, 1.807) is 12.1 Å². The van der Waals surface area contributed by atoms with Crippen molar-refractivity contribution in [3.8, 4) is 28.4 Å². The van der Waals surface area contributed by atoms with Gasteiger partial charge in [-0.05, 0) is 47.5 Å². The highest BCUT2D eigenvalue weighted by molar-refractivity contribution is 6.32. The molecule has 0 saturated heterocycles. The SMILES string of the molecule is O=C(Oc1ccc2c(=O)c(Oc3ccc(-c4ccccc4)cc3)coc2c1)c1ccc(Cl)c([N+](=O)[O-])c1. The first-order valence-corrected chi connectivity index (χ1v) is 11.3. The third kappa shape index (κ3) is 5.05. The molecule has 0 radical (unpaired) electrons. The van der Waals surface area contributed by atoms with Crippen molar-refractivity contribution in [2.75, 3.05) is 0 Å². The zero-order valence-electron chi connectivity index (χ0n) is 18.9. The molecule has 0 fully saturated rings. The van der Waals surface area contributed by atoms with E-state index >= 15 is 0 Å². The van der Waals surface area contributed by atoms with Crippen molar-refractivity contribution in [1.82, 2.24) is 0 Å². The van der Waals surface area contributed by atoms with Gasteiger partial charge in [0.15, 0.2) is 0 Å². The van der Waals surface area contributed by atoms with Crippen LogP contribution in [0.15, 0.2) is 106 Å². The average Bonchev–Trinajstić information content (AvgIpc) is 2.91. The summed E-state index contributed by atoms with van der Waals surface area (Å²) in [6.07, 6.45) is 1.18. The van der Waals surface area contributed by atoms with Crippen molar-refractivity contribution < 1.29 is 23.6 Å². The second-order valence-corrected chi connectivity index (χ2v) is 8.30. The summed E-state index contributed by atoms with van der Waals surface area (Å²) in [5.74, 6) is -0.282. The molecule has 0 aliphatic rings. The summed E-state index contributed by atoms with van der Waals surface area (Å²) >= 11 is 5.79. The minimum Gasteiger partial charge on any atom is -0.460 e. The summed E-state index contributed by atoms with van der Waals surface area (Å²) in [5, 5.41) is 11.2. The quantitative estimate of drug-likeness (QED) is 0.104. The molecule has 0 spiro atoms. The molecule has 0 atom stereocenters. The van der Waals surface area contributed by atoms with Gasteiger partial charge in [-0.15, -0.1) is 0 Å². The molecule has 0 aliphatic carbocycles. The van der Waals surface area contributed by atoms with Crippen LogP contribution in [0.3, 0.4) is 0 Å². The van der Waals surface area contributed by atoms with Gasteiger partial charge in [0.05, 0.1) is 15.9 Å². The summed E-state index contributed by atoms with van der Waals surface area (Å²) in [6, 6.07) is 25.0. The van der Waals surface area contributed by atoms with Crippen LogP contribution in [0, 0.1) is 10.1 Å². The minimum atomic E-state index is -0.833. The zero-order chi connectivity index (χ0) is 25.9. The number of nitro groups is 1. The van der Waals surface area contributed by atoms with E-state index in [0.717, 1.165) is 17.2 Å². The minimum absolute atomic E-state index is 0.00169. The predicted molar refractivity (Wildman–Crippen MR) is 138 cm³/mol. The monoisotopic (exact) mass is 513 g/mol. The molecule has 5 aromatic rings. The first-order valence-electron chi connectivity index (χ1n) is 10.9. The molecule has 9 heteroatoms. The van der Waals surface area contributed by atoms with Gasteiger partial charge in [0, 0.05) is 12.1 Å². The fourth-order valence-electron chi connectivity index (χ4n) is 3.64. The van der Waals surface area contributed by atoms with E-state index in [4.69, 9.17) is 25.5 Å². The number of nitro benzene ring substituents is 1. The first kappa shape index (κ1) is 23.8. The van der Waals surface area contributed by atoms with Crippen LogP contribution in [0.5, 0.6) is 17.2 Å². The highest BCUT2D eigenvalue weighted by Crippen LogP contribution is 2.28. The first-order chi connectivity index (χ1) is 17.9. The van der Waals surface area contributed by atoms with E-state index in [9.17, 15) is 19.7 Å². The summed E-state index contributed by atoms with van der Waals surface area (Å²) < 4.78 is 16.6. The molecule has 0 saturated carbocycles. The Morgan fingerprint density at radius 2 is 1.57 bits per heavy atom. The van der Waals surface area contributed by atoms with E-state index in [-0.39, 0.29) is 33.1 Å². The van der Waals surface area contributed by atoms with E-state index in [1.807, 2.05) is 42.5 Å². The fourth-order valence-corrected chi connectivity index (χ4v) is 3.83. The number of esters is 1. The number of nitrogens with zero attached hydrogens (tertiary/aromatic N) is 1. The molecule has 4 aromatic carbocycles. The van der Waals surface area contributed by atoms with Gasteiger partial charge >= 0.3 is 5.97 Å².